The zero-order valence-electron chi connectivity index (χ0n) is 10.6. The monoisotopic (exact) mass is 234 g/mol. The molecule has 0 spiro atoms. The maximum Gasteiger partial charge on any atom is 0.126 e. The predicted molar refractivity (Wildman–Crippen MR) is 74.8 cm³/mol. The van der Waals surface area contributed by atoms with Crippen LogP contribution in [0.25, 0.3) is 6.08 Å². The maximum atomic E-state index is 5.77. The molecular weight excluding hydrogens is 212 g/mol. The first-order chi connectivity index (χ1) is 7.53. The highest BCUT2D eigenvalue weighted by atomic mass is 28.3. The first-order valence-corrected chi connectivity index (χ1v) is 9.58. The molecule has 1 aromatic rings. The van der Waals surface area contributed by atoms with E-state index in [9.17, 15) is 0 Å². The zero-order chi connectivity index (χ0) is 12.0. The minimum absolute atomic E-state index is 0.815. The summed E-state index contributed by atoms with van der Waals surface area (Å²) in [5, 5.41) is 0. The van der Waals surface area contributed by atoms with Crippen molar-refractivity contribution in [3.63, 3.8) is 0 Å². The molecule has 0 saturated heterocycles. The number of rotatable bonds is 6. The normalized spacial score (nSPS) is 11.2. The van der Waals surface area contributed by atoms with Crippen LogP contribution in [0.3, 0.4) is 0 Å². The van der Waals surface area contributed by atoms with Gasteiger partial charge in [-0.1, -0.05) is 56.5 Å². The van der Waals surface area contributed by atoms with Gasteiger partial charge in [0.15, 0.2) is 0 Å². The summed E-state index contributed by atoms with van der Waals surface area (Å²) in [7, 11) is -0.917. The van der Waals surface area contributed by atoms with E-state index in [0.29, 0.717) is 0 Å². The Morgan fingerprint density at radius 1 is 1.25 bits per heavy atom. The molecule has 0 saturated carbocycles. The Balaban J connectivity index is 2.40. The average Bonchev–Trinajstić information content (AvgIpc) is 2.23. The maximum absolute atomic E-state index is 5.77. The number of hydrogen-bond donors (Lipinski definition) is 0. The van der Waals surface area contributed by atoms with Gasteiger partial charge in [0, 0.05) is 13.6 Å². The highest BCUT2D eigenvalue weighted by molar-refractivity contribution is 6.76. The van der Waals surface area contributed by atoms with Crippen LogP contribution in [0.4, 0.5) is 0 Å². The first-order valence-electron chi connectivity index (χ1n) is 5.87. The number of para-hydroxylation sites is 1. The second-order valence-corrected chi connectivity index (χ2v) is 10.9. The Morgan fingerprint density at radius 3 is 2.56 bits per heavy atom. The van der Waals surface area contributed by atoms with Crippen LogP contribution in [0.5, 0.6) is 5.75 Å². The third kappa shape index (κ3) is 4.66. The Labute approximate surface area is 100 Å². The topological polar surface area (TPSA) is 9.23 Å². The molecule has 1 aromatic carbocycles. The average molecular weight is 234 g/mol. The van der Waals surface area contributed by atoms with Gasteiger partial charge >= 0.3 is 0 Å². The van der Waals surface area contributed by atoms with E-state index in [1.807, 2.05) is 30.3 Å². The Hall–Kier alpha value is -1.02. The molecular formula is C14H22OSi. The molecule has 0 aromatic heterocycles. The van der Waals surface area contributed by atoms with Crippen molar-refractivity contribution in [3.05, 3.63) is 36.4 Å². The smallest absolute Gasteiger partial charge is 0.126 e. The molecule has 0 bridgehead atoms. The van der Waals surface area contributed by atoms with E-state index in [4.69, 9.17) is 4.74 Å². The van der Waals surface area contributed by atoms with Gasteiger partial charge in [0.25, 0.3) is 0 Å². The minimum atomic E-state index is -0.917. The van der Waals surface area contributed by atoms with Crippen LogP contribution in [0.1, 0.15) is 12.0 Å². The number of benzene rings is 1. The Bertz CT molecular complexity index is 339. The fourth-order valence-corrected chi connectivity index (χ4v) is 2.77. The molecule has 0 atom stereocenters. The standard InChI is InChI=1S/C14H22OSi/c1-5-13-9-6-7-10-14(13)15-11-8-12-16(2,3)4/h5-7,9-10H,1,8,11-12H2,2-4H3. The van der Waals surface area contributed by atoms with Crippen molar-refractivity contribution in [2.45, 2.75) is 32.1 Å². The molecule has 0 heterocycles. The van der Waals surface area contributed by atoms with Gasteiger partial charge in [0.2, 0.25) is 0 Å². The fourth-order valence-electron chi connectivity index (χ4n) is 1.57. The van der Waals surface area contributed by atoms with Crippen molar-refractivity contribution in [1.82, 2.24) is 0 Å². The van der Waals surface area contributed by atoms with Gasteiger partial charge in [-0.25, -0.2) is 0 Å². The summed E-state index contributed by atoms with van der Waals surface area (Å²) in [5.74, 6) is 0.952. The molecule has 88 valence electrons. The van der Waals surface area contributed by atoms with E-state index < -0.39 is 8.07 Å². The Morgan fingerprint density at radius 2 is 1.94 bits per heavy atom. The van der Waals surface area contributed by atoms with Crippen molar-refractivity contribution < 1.29 is 4.74 Å². The molecule has 0 aliphatic rings. The summed E-state index contributed by atoms with van der Waals surface area (Å²) in [5.41, 5.74) is 1.08. The number of hydrogen-bond acceptors (Lipinski definition) is 1. The van der Waals surface area contributed by atoms with E-state index in [2.05, 4.69) is 26.2 Å². The lowest BCUT2D eigenvalue weighted by Gasteiger charge is -2.16. The molecule has 0 fully saturated rings. The minimum Gasteiger partial charge on any atom is -0.493 e. The molecule has 2 heteroatoms. The SMILES string of the molecule is C=Cc1ccccc1OCCC[Si](C)(C)C. The highest BCUT2D eigenvalue weighted by Gasteiger charge is 2.11. The summed E-state index contributed by atoms with van der Waals surface area (Å²) >= 11 is 0. The molecule has 0 N–H and O–H groups in total. The molecule has 16 heavy (non-hydrogen) atoms. The van der Waals surface area contributed by atoms with Crippen LogP contribution < -0.4 is 4.74 Å². The van der Waals surface area contributed by atoms with Crippen LogP contribution in [-0.2, 0) is 0 Å². The third-order valence-corrected chi connectivity index (χ3v) is 4.32. The second kappa shape index (κ2) is 5.90. The van der Waals surface area contributed by atoms with Gasteiger partial charge < -0.3 is 4.74 Å². The van der Waals surface area contributed by atoms with E-state index in [0.717, 1.165) is 24.3 Å². The van der Waals surface area contributed by atoms with Crippen LogP contribution in [0, 0.1) is 0 Å². The quantitative estimate of drug-likeness (QED) is 0.522. The summed E-state index contributed by atoms with van der Waals surface area (Å²) in [6.07, 6.45) is 3.00. The molecule has 0 unspecified atom stereocenters. The largest absolute Gasteiger partial charge is 0.493 e. The van der Waals surface area contributed by atoms with Crippen molar-refractivity contribution >= 4 is 14.1 Å². The lowest BCUT2D eigenvalue weighted by atomic mass is 10.2. The highest BCUT2D eigenvalue weighted by Crippen LogP contribution is 2.19. The van der Waals surface area contributed by atoms with Gasteiger partial charge in [-0.05, 0) is 12.5 Å². The van der Waals surface area contributed by atoms with Crippen molar-refractivity contribution in [2.24, 2.45) is 0 Å². The summed E-state index contributed by atoms with van der Waals surface area (Å²) < 4.78 is 5.77. The lowest BCUT2D eigenvalue weighted by Crippen LogP contribution is -2.20. The first kappa shape index (κ1) is 13.0. The van der Waals surface area contributed by atoms with Gasteiger partial charge in [-0.3, -0.25) is 0 Å². The summed E-state index contributed by atoms with van der Waals surface area (Å²) in [6, 6.07) is 9.36. The van der Waals surface area contributed by atoms with Crippen molar-refractivity contribution in [3.8, 4) is 5.75 Å². The van der Waals surface area contributed by atoms with Crippen LogP contribution >= 0.6 is 0 Å². The van der Waals surface area contributed by atoms with E-state index in [1.165, 1.54) is 6.04 Å². The molecule has 0 aliphatic heterocycles. The van der Waals surface area contributed by atoms with Gasteiger partial charge in [0.05, 0.1) is 6.61 Å². The molecule has 0 aliphatic carbocycles. The molecule has 1 nitrogen and oxygen atoms in total. The molecule has 1 rings (SSSR count). The van der Waals surface area contributed by atoms with Crippen LogP contribution in [0.15, 0.2) is 30.8 Å². The lowest BCUT2D eigenvalue weighted by molar-refractivity contribution is 0.316. The van der Waals surface area contributed by atoms with Crippen LogP contribution in [-0.4, -0.2) is 14.7 Å². The molecule has 0 amide bonds. The van der Waals surface area contributed by atoms with Crippen molar-refractivity contribution in [2.75, 3.05) is 6.61 Å². The summed E-state index contributed by atoms with van der Waals surface area (Å²) in [6.45, 7) is 11.8. The third-order valence-electron chi connectivity index (χ3n) is 2.47. The van der Waals surface area contributed by atoms with Gasteiger partial charge in [-0.15, -0.1) is 0 Å². The van der Waals surface area contributed by atoms with Gasteiger partial charge in [-0.2, -0.15) is 0 Å². The van der Waals surface area contributed by atoms with Gasteiger partial charge in [0.1, 0.15) is 5.75 Å². The Kier molecular flexibility index (Phi) is 4.81. The second-order valence-electron chi connectivity index (χ2n) is 5.25. The zero-order valence-corrected chi connectivity index (χ0v) is 11.6. The number of ether oxygens (including phenoxy) is 1. The van der Waals surface area contributed by atoms with Crippen molar-refractivity contribution in [1.29, 1.82) is 0 Å². The summed E-state index contributed by atoms with van der Waals surface area (Å²) in [4.78, 5) is 0. The van der Waals surface area contributed by atoms with E-state index >= 15 is 0 Å². The van der Waals surface area contributed by atoms with Crippen LogP contribution in [0.2, 0.25) is 25.7 Å². The predicted octanol–water partition coefficient (Wildman–Crippen LogP) is 4.44. The molecule has 0 radical (unpaired) electrons. The van der Waals surface area contributed by atoms with E-state index in [1.54, 1.807) is 0 Å². The van der Waals surface area contributed by atoms with E-state index in [-0.39, 0.29) is 0 Å². The fraction of sp³-hybridized carbons (Fsp3) is 0.429.